The van der Waals surface area contributed by atoms with Gasteiger partial charge in [-0.3, -0.25) is 4.79 Å². The molecule has 10 heteroatoms. The number of thiophene rings is 1. The molecule has 164 valence electrons. The van der Waals surface area contributed by atoms with Gasteiger partial charge in [0.15, 0.2) is 5.65 Å². The average Bonchev–Trinajstić information content (AvgIpc) is 3.42. The number of hydrogen-bond acceptors (Lipinski definition) is 6. The zero-order chi connectivity index (χ0) is 22.9. The Morgan fingerprint density at radius 3 is 2.61 bits per heavy atom. The Morgan fingerprint density at radius 2 is 1.88 bits per heavy atom. The first-order valence-corrected chi connectivity index (χ1v) is 11.5. The van der Waals surface area contributed by atoms with E-state index < -0.39 is 0 Å². The molecule has 2 aromatic carbocycles. The summed E-state index contributed by atoms with van der Waals surface area (Å²) in [5.41, 5.74) is 9.43. The number of hydrogen-bond donors (Lipinski definition) is 2. The number of carbonyl (C=O) groups is 1. The van der Waals surface area contributed by atoms with Crippen LogP contribution in [0.3, 0.4) is 0 Å². The highest BCUT2D eigenvalue weighted by molar-refractivity contribution is 7.09. The summed E-state index contributed by atoms with van der Waals surface area (Å²) in [4.78, 5) is 23.5. The number of nitrogens with one attached hydrogen (secondary N) is 1. The molecule has 0 bridgehead atoms. The number of carbonyl (C=O) groups excluding carboxylic acids is 1. The summed E-state index contributed by atoms with van der Waals surface area (Å²) in [5, 5.41) is 10.2. The van der Waals surface area contributed by atoms with Crippen molar-refractivity contribution >= 4 is 74.7 Å². The number of nitrogen functional groups attached to an aromatic ring is 1. The van der Waals surface area contributed by atoms with E-state index in [1.165, 1.54) is 4.68 Å². The number of aromatic nitrogens is 3. The van der Waals surface area contributed by atoms with Gasteiger partial charge in [0.05, 0.1) is 33.8 Å². The molecule has 5 aromatic rings. The lowest BCUT2D eigenvalue weighted by Crippen LogP contribution is -2.23. The smallest absolute Gasteiger partial charge is 0.257 e. The maximum atomic E-state index is 13.1. The topological polar surface area (TPSA) is 98.2 Å². The Bertz CT molecular complexity index is 1530. The molecule has 3 N–H and O–H groups in total. The molecule has 0 spiro atoms. The number of halogens is 2. The highest BCUT2D eigenvalue weighted by Gasteiger charge is 2.24. The summed E-state index contributed by atoms with van der Waals surface area (Å²) >= 11 is 13.7. The predicted octanol–water partition coefficient (Wildman–Crippen LogP) is 5.35. The summed E-state index contributed by atoms with van der Waals surface area (Å²) in [6.45, 7) is 0.385. The number of rotatable bonds is 5. The quantitative estimate of drug-likeness (QED) is 0.321. The maximum absolute atomic E-state index is 13.1. The molecular formula is C23H16Cl2N6OS. The van der Waals surface area contributed by atoms with Crippen molar-refractivity contribution in [3.05, 3.63) is 86.0 Å². The van der Waals surface area contributed by atoms with Crippen molar-refractivity contribution in [3.8, 4) is 0 Å². The largest absolute Gasteiger partial charge is 0.383 e. The molecule has 0 unspecified atom stereocenters. The van der Waals surface area contributed by atoms with Crippen molar-refractivity contribution in [2.75, 3.05) is 5.73 Å². The third-order valence-electron chi connectivity index (χ3n) is 4.97. The zero-order valence-electron chi connectivity index (χ0n) is 17.0. The van der Waals surface area contributed by atoms with Crippen LogP contribution < -0.4 is 11.1 Å². The molecule has 1 amide bonds. The summed E-state index contributed by atoms with van der Waals surface area (Å²) in [6, 6.07) is 16.4. The van der Waals surface area contributed by atoms with Gasteiger partial charge < -0.3 is 11.1 Å². The van der Waals surface area contributed by atoms with Crippen molar-refractivity contribution in [3.63, 3.8) is 0 Å². The van der Waals surface area contributed by atoms with Crippen LogP contribution in [-0.4, -0.2) is 26.8 Å². The van der Waals surface area contributed by atoms with Gasteiger partial charge in [-0.05, 0) is 41.3 Å². The molecule has 0 atom stereocenters. The molecule has 0 saturated heterocycles. The van der Waals surface area contributed by atoms with Crippen molar-refractivity contribution < 1.29 is 4.79 Å². The maximum Gasteiger partial charge on any atom is 0.257 e. The Hall–Kier alpha value is -3.46. The number of anilines is 1. The number of nitrogens with zero attached hydrogens (tertiary/aromatic N) is 4. The predicted molar refractivity (Wildman–Crippen MR) is 134 cm³/mol. The van der Waals surface area contributed by atoms with Crippen LogP contribution in [0.4, 0.5) is 5.82 Å². The molecule has 0 saturated carbocycles. The van der Waals surface area contributed by atoms with Crippen LogP contribution in [-0.2, 0) is 6.54 Å². The molecular weight excluding hydrogens is 479 g/mol. The van der Waals surface area contributed by atoms with Crippen LogP contribution in [0, 0.1) is 0 Å². The molecule has 0 fully saturated rings. The number of fused-ring (bicyclic) bond motifs is 2. The summed E-state index contributed by atoms with van der Waals surface area (Å²) in [6.07, 6.45) is 1.57. The lowest BCUT2D eigenvalue weighted by molar-refractivity contribution is 0.0953. The molecule has 3 aromatic heterocycles. The van der Waals surface area contributed by atoms with E-state index in [1.807, 2.05) is 41.8 Å². The highest BCUT2D eigenvalue weighted by Crippen LogP contribution is 2.28. The molecule has 0 aliphatic heterocycles. The number of amides is 1. The second kappa shape index (κ2) is 8.82. The van der Waals surface area contributed by atoms with Crippen molar-refractivity contribution in [2.24, 2.45) is 5.10 Å². The lowest BCUT2D eigenvalue weighted by atomic mass is 10.2. The van der Waals surface area contributed by atoms with Gasteiger partial charge in [-0.1, -0.05) is 47.5 Å². The van der Waals surface area contributed by atoms with Gasteiger partial charge >= 0.3 is 0 Å². The van der Waals surface area contributed by atoms with Crippen LogP contribution in [0.15, 0.2) is 65.1 Å². The Morgan fingerprint density at radius 1 is 1.09 bits per heavy atom. The van der Waals surface area contributed by atoms with Gasteiger partial charge in [0.2, 0.25) is 0 Å². The highest BCUT2D eigenvalue weighted by atomic mass is 35.5. The zero-order valence-corrected chi connectivity index (χ0v) is 19.3. The third kappa shape index (κ3) is 4.16. The molecule has 0 radical (unpaired) electrons. The Balaban J connectivity index is 1.62. The van der Waals surface area contributed by atoms with Crippen molar-refractivity contribution in [2.45, 2.75) is 6.54 Å². The normalized spacial score (nSPS) is 11.6. The van der Waals surface area contributed by atoms with Gasteiger partial charge in [0, 0.05) is 4.88 Å². The van der Waals surface area contributed by atoms with Crippen LogP contribution >= 0.6 is 34.5 Å². The van der Waals surface area contributed by atoms with Crippen molar-refractivity contribution in [1.29, 1.82) is 0 Å². The van der Waals surface area contributed by atoms with E-state index in [0.717, 1.165) is 4.88 Å². The molecule has 3 heterocycles. The third-order valence-corrected chi connectivity index (χ3v) is 6.59. The SMILES string of the molecule is Nc1c(C(=O)NCc2cccs2)c2nc3ccccc3nc2n1N=Cc1ccc(Cl)c(Cl)c1. The van der Waals surface area contributed by atoms with E-state index in [9.17, 15) is 4.79 Å². The summed E-state index contributed by atoms with van der Waals surface area (Å²) < 4.78 is 1.41. The molecule has 33 heavy (non-hydrogen) atoms. The van der Waals surface area contributed by atoms with Gasteiger partial charge in [-0.2, -0.15) is 9.78 Å². The van der Waals surface area contributed by atoms with Crippen LogP contribution in [0.2, 0.25) is 10.0 Å². The minimum Gasteiger partial charge on any atom is -0.383 e. The van der Waals surface area contributed by atoms with Crippen LogP contribution in [0.5, 0.6) is 0 Å². The standard InChI is InChI=1S/C23H16Cl2N6OS/c24-15-8-7-13(10-16(15)25)11-28-31-21(26)19(23(32)27-12-14-4-3-9-33-14)20-22(31)30-18-6-2-1-5-17(18)29-20/h1-11H,12,26H2,(H,27,32). The fourth-order valence-electron chi connectivity index (χ4n) is 3.37. The minimum absolute atomic E-state index is 0.139. The first-order valence-electron chi connectivity index (χ1n) is 9.88. The van der Waals surface area contributed by atoms with Gasteiger partial charge in [0.25, 0.3) is 5.91 Å². The summed E-state index contributed by atoms with van der Waals surface area (Å²) in [7, 11) is 0. The van der Waals surface area contributed by atoms with Gasteiger partial charge in [-0.25, -0.2) is 9.97 Å². The second-order valence-electron chi connectivity index (χ2n) is 7.14. The molecule has 7 nitrogen and oxygen atoms in total. The van der Waals surface area contributed by atoms with E-state index in [2.05, 4.69) is 20.4 Å². The minimum atomic E-state index is -0.348. The fourth-order valence-corrected chi connectivity index (χ4v) is 4.33. The number of nitrogens with two attached hydrogens (primary N) is 1. The molecule has 0 aliphatic carbocycles. The van der Waals surface area contributed by atoms with Crippen LogP contribution in [0.25, 0.3) is 22.2 Å². The van der Waals surface area contributed by atoms with Crippen LogP contribution in [0.1, 0.15) is 20.8 Å². The molecule has 5 rings (SSSR count). The number of para-hydroxylation sites is 2. The fraction of sp³-hybridized carbons (Fsp3) is 0.0435. The van der Waals surface area contributed by atoms with Gasteiger partial charge in [-0.15, -0.1) is 11.3 Å². The first kappa shape index (κ1) is 21.4. The monoisotopic (exact) mass is 494 g/mol. The van der Waals surface area contributed by atoms with E-state index in [4.69, 9.17) is 28.9 Å². The van der Waals surface area contributed by atoms with E-state index in [0.29, 0.717) is 44.4 Å². The summed E-state index contributed by atoms with van der Waals surface area (Å²) in [5.74, 6) is -0.209. The first-order chi connectivity index (χ1) is 16.0. The molecule has 0 aliphatic rings. The Labute approximate surface area is 202 Å². The van der Waals surface area contributed by atoms with E-state index >= 15 is 0 Å². The van der Waals surface area contributed by atoms with E-state index in [1.54, 1.807) is 35.8 Å². The van der Waals surface area contributed by atoms with Crippen molar-refractivity contribution in [1.82, 2.24) is 20.0 Å². The van der Waals surface area contributed by atoms with E-state index in [-0.39, 0.29) is 17.3 Å². The lowest BCUT2D eigenvalue weighted by Gasteiger charge is -2.04. The Kier molecular flexibility index (Phi) is 5.72. The second-order valence-corrected chi connectivity index (χ2v) is 8.98. The average molecular weight is 495 g/mol. The van der Waals surface area contributed by atoms with Gasteiger partial charge in [0.1, 0.15) is 16.9 Å². The number of benzene rings is 2.